The van der Waals surface area contributed by atoms with Gasteiger partial charge in [-0.2, -0.15) is 0 Å². The van der Waals surface area contributed by atoms with Crippen LogP contribution in [0.3, 0.4) is 0 Å². The Morgan fingerprint density at radius 1 is 0.860 bits per heavy atom. The molecule has 3 N–H and O–H groups in total. The molecule has 5 rings (SSSR count). The summed E-state index contributed by atoms with van der Waals surface area (Å²) >= 11 is 14.0. The van der Waals surface area contributed by atoms with Crippen LogP contribution >= 0.6 is 34.5 Å². The van der Waals surface area contributed by atoms with Gasteiger partial charge in [-0.05, 0) is 60.5 Å². The third-order valence-electron chi connectivity index (χ3n) is 6.51. The van der Waals surface area contributed by atoms with Crippen molar-refractivity contribution in [2.24, 2.45) is 5.92 Å². The van der Waals surface area contributed by atoms with Crippen molar-refractivity contribution in [2.75, 3.05) is 35.3 Å². The Morgan fingerprint density at radius 2 is 1.51 bits per heavy atom. The Hall–Kier alpha value is -4.18. The highest BCUT2D eigenvalue weighted by molar-refractivity contribution is 7.22. The molecule has 11 heteroatoms. The molecule has 4 aromatic carbocycles. The van der Waals surface area contributed by atoms with Crippen LogP contribution in [0.25, 0.3) is 10.2 Å². The van der Waals surface area contributed by atoms with Crippen LogP contribution in [-0.2, 0) is 4.79 Å². The number of amides is 1. The summed E-state index contributed by atoms with van der Waals surface area (Å²) in [5.74, 6) is 1.54. The smallest absolute Gasteiger partial charge is 0.224 e. The summed E-state index contributed by atoms with van der Waals surface area (Å²) in [6, 6.07) is 24.9. The van der Waals surface area contributed by atoms with Gasteiger partial charge in [0.2, 0.25) is 11.0 Å². The van der Waals surface area contributed by atoms with Crippen molar-refractivity contribution < 1.29 is 14.3 Å². The number of nitrogens with zero attached hydrogens (tertiary/aromatic N) is 2. The second-order valence-electron chi connectivity index (χ2n) is 10.1. The minimum Gasteiger partial charge on any atom is -0.497 e. The van der Waals surface area contributed by atoms with E-state index in [9.17, 15) is 4.79 Å². The summed E-state index contributed by atoms with van der Waals surface area (Å²) in [5.41, 5.74) is 10.9. The Balaban J connectivity index is 1.54. The molecule has 0 fully saturated rings. The van der Waals surface area contributed by atoms with Crippen LogP contribution < -0.4 is 30.5 Å². The summed E-state index contributed by atoms with van der Waals surface area (Å²) in [7, 11) is 3.28. The van der Waals surface area contributed by atoms with Crippen molar-refractivity contribution in [1.29, 1.82) is 0 Å². The van der Waals surface area contributed by atoms with Crippen molar-refractivity contribution in [1.82, 2.24) is 4.98 Å². The van der Waals surface area contributed by atoms with Gasteiger partial charge in [0.15, 0.2) is 0 Å². The van der Waals surface area contributed by atoms with Crippen LogP contribution in [0.5, 0.6) is 11.5 Å². The van der Waals surface area contributed by atoms with Gasteiger partial charge in [-0.3, -0.25) is 15.6 Å². The molecule has 0 aliphatic heterocycles. The molecule has 0 aliphatic carbocycles. The van der Waals surface area contributed by atoms with Crippen LogP contribution in [0.15, 0.2) is 78.9 Å². The van der Waals surface area contributed by atoms with Crippen LogP contribution in [0.4, 0.5) is 33.6 Å². The van der Waals surface area contributed by atoms with Crippen LogP contribution in [0.1, 0.15) is 20.3 Å². The Bertz CT molecular complexity index is 1710. The molecule has 0 aliphatic rings. The number of fused-ring (bicyclic) bond motifs is 1. The number of carbonyl (C=O) groups is 1. The lowest BCUT2D eigenvalue weighted by atomic mass is 10.1. The maximum Gasteiger partial charge on any atom is 0.224 e. The first-order chi connectivity index (χ1) is 20.7. The van der Waals surface area contributed by atoms with E-state index in [0.717, 1.165) is 38.8 Å². The number of rotatable bonds is 11. The number of aromatic nitrogens is 1. The summed E-state index contributed by atoms with van der Waals surface area (Å²) in [5, 5.41) is 4.62. The van der Waals surface area contributed by atoms with Crippen molar-refractivity contribution in [3.63, 3.8) is 0 Å². The zero-order chi connectivity index (χ0) is 30.5. The molecule has 0 spiro atoms. The number of halogens is 2. The Kier molecular flexibility index (Phi) is 9.45. The van der Waals surface area contributed by atoms with Gasteiger partial charge in [0, 0.05) is 35.6 Å². The maximum atomic E-state index is 13.0. The largest absolute Gasteiger partial charge is 0.497 e. The molecule has 8 nitrogen and oxygen atoms in total. The summed E-state index contributed by atoms with van der Waals surface area (Å²) in [6.07, 6.45) is 0.379. The SMILES string of the molecule is COc1cccc(N(c2cccc(OC)c2)c2ccc(NNc3nc4ccc(Cl)c(Cl)c4s3)c(NC(=O)CC(C)C)c2)c1. The van der Waals surface area contributed by atoms with Gasteiger partial charge in [0.25, 0.3) is 0 Å². The summed E-state index contributed by atoms with van der Waals surface area (Å²) < 4.78 is 11.8. The van der Waals surface area contributed by atoms with E-state index in [1.807, 2.05) is 86.6 Å². The molecule has 222 valence electrons. The Morgan fingerprint density at radius 3 is 2.14 bits per heavy atom. The number of thiazole rings is 1. The molecule has 0 atom stereocenters. The minimum atomic E-state index is -0.0917. The van der Waals surface area contributed by atoms with E-state index in [4.69, 9.17) is 32.7 Å². The van der Waals surface area contributed by atoms with Gasteiger partial charge >= 0.3 is 0 Å². The fourth-order valence-electron chi connectivity index (χ4n) is 4.51. The first-order valence-electron chi connectivity index (χ1n) is 13.5. The van der Waals surface area contributed by atoms with E-state index in [2.05, 4.69) is 26.1 Å². The number of ether oxygens (including phenoxy) is 2. The number of methoxy groups -OCH3 is 2. The molecule has 1 heterocycles. The third kappa shape index (κ3) is 7.07. The number of carbonyl (C=O) groups excluding carboxylic acids is 1. The molecule has 0 saturated heterocycles. The fourth-order valence-corrected chi connectivity index (χ4v) is 5.86. The monoisotopic (exact) mass is 635 g/mol. The average Bonchev–Trinajstić information content (AvgIpc) is 3.42. The van der Waals surface area contributed by atoms with E-state index in [1.54, 1.807) is 20.3 Å². The summed E-state index contributed by atoms with van der Waals surface area (Å²) in [4.78, 5) is 19.6. The second kappa shape index (κ2) is 13.4. The third-order valence-corrected chi connectivity index (χ3v) is 8.43. The minimum absolute atomic E-state index is 0.0917. The van der Waals surface area contributed by atoms with Gasteiger partial charge < -0.3 is 19.7 Å². The van der Waals surface area contributed by atoms with Gasteiger partial charge in [-0.1, -0.05) is 60.5 Å². The quantitative estimate of drug-likeness (QED) is 0.125. The van der Waals surface area contributed by atoms with Crippen LogP contribution in [0, 0.1) is 5.92 Å². The number of hydrogen-bond donors (Lipinski definition) is 3. The second-order valence-corrected chi connectivity index (χ2v) is 11.9. The molecule has 5 aromatic rings. The van der Waals surface area contributed by atoms with E-state index >= 15 is 0 Å². The highest BCUT2D eigenvalue weighted by atomic mass is 35.5. The normalized spacial score (nSPS) is 11.0. The standard InChI is InChI=1S/C32H31Cl2N5O3S/c1-19(2)15-29(40)35-28-18-22(11-13-26(28)37-38-32-36-27-14-12-25(33)30(34)31(27)43-32)39(20-7-5-9-23(16-20)41-3)21-8-6-10-24(17-21)42-4/h5-14,16-19,37H,15H2,1-4H3,(H,35,40)(H,36,38). The lowest BCUT2D eigenvalue weighted by molar-refractivity contribution is -0.116. The number of hydrogen-bond acceptors (Lipinski definition) is 8. The van der Waals surface area contributed by atoms with Crippen LogP contribution in [-0.4, -0.2) is 25.1 Å². The molecule has 0 saturated carbocycles. The lowest BCUT2D eigenvalue weighted by Crippen LogP contribution is -2.18. The lowest BCUT2D eigenvalue weighted by Gasteiger charge is -2.27. The molecule has 0 radical (unpaired) electrons. The van der Waals surface area contributed by atoms with E-state index in [1.165, 1.54) is 11.3 Å². The summed E-state index contributed by atoms with van der Waals surface area (Å²) in [6.45, 7) is 4.02. The topological polar surface area (TPSA) is 87.8 Å². The highest BCUT2D eigenvalue weighted by Gasteiger charge is 2.18. The average molecular weight is 637 g/mol. The number of hydrazine groups is 1. The number of benzene rings is 4. The number of nitrogens with one attached hydrogen (secondary N) is 3. The molecule has 1 amide bonds. The predicted octanol–water partition coefficient (Wildman–Crippen LogP) is 9.51. The molecule has 0 bridgehead atoms. The zero-order valence-electron chi connectivity index (χ0n) is 24.1. The molecule has 0 unspecified atom stereocenters. The first kappa shape index (κ1) is 30.3. The van der Waals surface area contributed by atoms with Crippen molar-refractivity contribution >= 4 is 84.2 Å². The Labute approximate surface area is 264 Å². The van der Waals surface area contributed by atoms with Crippen molar-refractivity contribution in [3.8, 4) is 11.5 Å². The zero-order valence-corrected chi connectivity index (χ0v) is 26.4. The molecule has 1 aromatic heterocycles. The van der Waals surface area contributed by atoms with Gasteiger partial charge in [0.05, 0.1) is 45.9 Å². The molecular formula is C32H31Cl2N5O3S. The van der Waals surface area contributed by atoms with Crippen molar-refractivity contribution in [2.45, 2.75) is 20.3 Å². The first-order valence-corrected chi connectivity index (χ1v) is 15.1. The van der Waals surface area contributed by atoms with Crippen LogP contribution in [0.2, 0.25) is 10.0 Å². The van der Waals surface area contributed by atoms with Crippen molar-refractivity contribution in [3.05, 3.63) is 88.9 Å². The number of anilines is 6. The maximum absolute atomic E-state index is 13.0. The van der Waals surface area contributed by atoms with E-state index in [0.29, 0.717) is 33.0 Å². The molecule has 43 heavy (non-hydrogen) atoms. The predicted molar refractivity (Wildman–Crippen MR) is 179 cm³/mol. The van der Waals surface area contributed by atoms with Gasteiger partial charge in [-0.25, -0.2) is 4.98 Å². The van der Waals surface area contributed by atoms with E-state index in [-0.39, 0.29) is 11.8 Å². The highest BCUT2D eigenvalue weighted by Crippen LogP contribution is 2.41. The fraction of sp³-hybridized carbons (Fsp3) is 0.188. The van der Waals surface area contributed by atoms with Gasteiger partial charge in [-0.15, -0.1) is 0 Å². The van der Waals surface area contributed by atoms with E-state index < -0.39 is 0 Å². The molecular weight excluding hydrogens is 605 g/mol. The van der Waals surface area contributed by atoms with Gasteiger partial charge in [0.1, 0.15) is 11.5 Å².